The maximum Gasteiger partial charge on any atom is 0.305 e. The summed E-state index contributed by atoms with van der Waals surface area (Å²) in [5, 5.41) is 3.47. The highest BCUT2D eigenvalue weighted by atomic mass is 16.5. The van der Waals surface area contributed by atoms with Gasteiger partial charge >= 0.3 is 6.71 Å². The average molecular weight is 606 g/mol. The molecule has 5 heteroatoms. The third-order valence-corrected chi connectivity index (χ3v) is 10.7. The molecule has 0 bridgehead atoms. The SMILES string of the molecule is Cc1cc2c3c(c1)Oc1c(oc4ccccc14)B3c1c(cc(-n3c4ccccc4c4ccccc43)c3c1C(C)(C)c1ccccc1-3)O2. The van der Waals surface area contributed by atoms with Crippen molar-refractivity contribution in [3.8, 4) is 39.8 Å². The molecule has 0 N–H and O–H groups in total. The molecule has 0 radical (unpaired) electrons. The number of aromatic nitrogens is 1. The van der Waals surface area contributed by atoms with Gasteiger partial charge in [0.2, 0.25) is 0 Å². The minimum atomic E-state index is -0.305. The van der Waals surface area contributed by atoms with Crippen molar-refractivity contribution < 1.29 is 13.9 Å². The third-order valence-electron chi connectivity index (χ3n) is 10.7. The van der Waals surface area contributed by atoms with Gasteiger partial charge in [-0.2, -0.15) is 0 Å². The molecular formula is C42H28BNO3. The lowest BCUT2D eigenvalue weighted by atomic mass is 9.35. The topological polar surface area (TPSA) is 36.5 Å². The minimum absolute atomic E-state index is 0.185. The van der Waals surface area contributed by atoms with Crippen LogP contribution in [0.4, 0.5) is 0 Å². The molecule has 2 aromatic heterocycles. The van der Waals surface area contributed by atoms with E-state index in [4.69, 9.17) is 13.9 Å². The molecule has 11 rings (SSSR count). The van der Waals surface area contributed by atoms with Crippen LogP contribution in [-0.2, 0) is 5.41 Å². The molecule has 0 amide bonds. The number of benzene rings is 6. The van der Waals surface area contributed by atoms with E-state index in [1.807, 2.05) is 18.2 Å². The molecule has 4 heterocycles. The molecule has 47 heavy (non-hydrogen) atoms. The molecule has 0 atom stereocenters. The molecule has 8 aromatic rings. The smallest absolute Gasteiger partial charge is 0.305 e. The Kier molecular flexibility index (Phi) is 4.65. The zero-order chi connectivity index (χ0) is 31.2. The molecule has 0 fully saturated rings. The number of para-hydroxylation sites is 3. The highest BCUT2D eigenvalue weighted by molar-refractivity contribution is 6.98. The van der Waals surface area contributed by atoms with Crippen molar-refractivity contribution in [2.75, 3.05) is 0 Å². The number of aryl methyl sites for hydroxylation is 1. The van der Waals surface area contributed by atoms with Gasteiger partial charge in [-0.25, -0.2) is 0 Å². The first-order valence-electron chi connectivity index (χ1n) is 16.3. The Morgan fingerprint density at radius 3 is 2.02 bits per heavy atom. The van der Waals surface area contributed by atoms with Crippen molar-refractivity contribution >= 4 is 56.1 Å². The van der Waals surface area contributed by atoms with Gasteiger partial charge in [0.05, 0.1) is 22.1 Å². The quantitative estimate of drug-likeness (QED) is 0.176. The van der Waals surface area contributed by atoms with Crippen molar-refractivity contribution in [3.05, 3.63) is 132 Å². The van der Waals surface area contributed by atoms with Crippen LogP contribution in [0.5, 0.6) is 23.0 Å². The Hall–Kier alpha value is -5.68. The highest BCUT2D eigenvalue weighted by Crippen LogP contribution is 2.54. The molecule has 0 saturated heterocycles. The van der Waals surface area contributed by atoms with E-state index < -0.39 is 0 Å². The summed E-state index contributed by atoms with van der Waals surface area (Å²) >= 11 is 0. The Morgan fingerprint density at radius 2 is 1.26 bits per heavy atom. The lowest BCUT2D eigenvalue weighted by molar-refractivity contribution is 0.459. The van der Waals surface area contributed by atoms with Crippen LogP contribution in [-0.4, -0.2) is 11.3 Å². The molecule has 4 nitrogen and oxygen atoms in total. The number of hydrogen-bond donors (Lipinski definition) is 0. The molecule has 0 saturated carbocycles. The summed E-state index contributed by atoms with van der Waals surface area (Å²) in [7, 11) is 0. The summed E-state index contributed by atoms with van der Waals surface area (Å²) < 4.78 is 23.0. The maximum absolute atomic E-state index is 7.04. The predicted molar refractivity (Wildman–Crippen MR) is 191 cm³/mol. The maximum atomic E-state index is 7.04. The highest BCUT2D eigenvalue weighted by Gasteiger charge is 2.50. The van der Waals surface area contributed by atoms with Crippen LogP contribution >= 0.6 is 0 Å². The van der Waals surface area contributed by atoms with E-state index in [2.05, 4.69) is 122 Å². The standard InChI is InChI=1S/C42H28BNO3/c1-23-20-33-38-34(21-23)46-40-27-15-7-11-19-32(27)47-41(40)43(38)39-35(45-33)22-31(36-26-14-4-8-16-28(26)42(2,3)37(36)39)44-29-17-9-5-12-24(29)25-13-6-10-18-30(25)44/h4-22H,1-3H3. The fraction of sp³-hybridized carbons (Fsp3) is 0.0952. The van der Waals surface area contributed by atoms with E-state index >= 15 is 0 Å². The molecule has 222 valence electrons. The number of fused-ring (bicyclic) bond motifs is 13. The van der Waals surface area contributed by atoms with E-state index in [0.717, 1.165) is 61.8 Å². The van der Waals surface area contributed by atoms with Crippen LogP contribution in [0.1, 0.15) is 30.5 Å². The van der Waals surface area contributed by atoms with Crippen molar-refractivity contribution in [2.24, 2.45) is 0 Å². The normalized spacial score (nSPS) is 14.7. The van der Waals surface area contributed by atoms with E-state index in [9.17, 15) is 0 Å². The van der Waals surface area contributed by atoms with Gasteiger partial charge in [-0.3, -0.25) is 0 Å². The summed E-state index contributed by atoms with van der Waals surface area (Å²) in [5.41, 5.74) is 13.2. The first kappa shape index (κ1) is 25.5. The Balaban J connectivity index is 1.32. The molecular weight excluding hydrogens is 577 g/mol. The van der Waals surface area contributed by atoms with E-state index in [1.165, 1.54) is 44.1 Å². The summed E-state index contributed by atoms with van der Waals surface area (Å²) in [6, 6.07) is 41.1. The van der Waals surface area contributed by atoms with Gasteiger partial charge in [0, 0.05) is 33.3 Å². The zero-order valence-electron chi connectivity index (χ0n) is 26.2. The van der Waals surface area contributed by atoms with Gasteiger partial charge in [0.25, 0.3) is 0 Å². The van der Waals surface area contributed by atoms with Crippen molar-refractivity contribution in [2.45, 2.75) is 26.2 Å². The van der Waals surface area contributed by atoms with Gasteiger partial charge < -0.3 is 18.5 Å². The number of ether oxygens (including phenoxy) is 2. The third kappa shape index (κ3) is 3.10. The number of nitrogens with zero attached hydrogens (tertiary/aromatic N) is 1. The van der Waals surface area contributed by atoms with Crippen molar-refractivity contribution in [3.63, 3.8) is 0 Å². The summed E-state index contributed by atoms with van der Waals surface area (Å²) in [4.78, 5) is 0. The van der Waals surface area contributed by atoms with Gasteiger partial charge in [-0.05, 0) is 71.0 Å². The predicted octanol–water partition coefficient (Wildman–Crippen LogP) is 8.87. The average Bonchev–Trinajstić information content (AvgIpc) is 3.70. The van der Waals surface area contributed by atoms with Gasteiger partial charge in [-0.15, -0.1) is 0 Å². The first-order chi connectivity index (χ1) is 23.0. The van der Waals surface area contributed by atoms with Crippen LogP contribution in [0.3, 0.4) is 0 Å². The van der Waals surface area contributed by atoms with Gasteiger partial charge in [-0.1, -0.05) is 86.6 Å². The van der Waals surface area contributed by atoms with Crippen LogP contribution < -0.4 is 26.1 Å². The molecule has 2 aliphatic heterocycles. The molecule has 0 spiro atoms. The van der Waals surface area contributed by atoms with E-state index in [0.29, 0.717) is 0 Å². The van der Waals surface area contributed by atoms with Crippen LogP contribution in [0.2, 0.25) is 0 Å². The molecule has 1 aliphatic carbocycles. The van der Waals surface area contributed by atoms with Crippen LogP contribution in [0, 0.1) is 6.92 Å². The monoisotopic (exact) mass is 605 g/mol. The van der Waals surface area contributed by atoms with Crippen molar-refractivity contribution in [1.29, 1.82) is 0 Å². The number of hydrogen-bond acceptors (Lipinski definition) is 3. The van der Waals surface area contributed by atoms with E-state index in [-0.39, 0.29) is 12.1 Å². The van der Waals surface area contributed by atoms with E-state index in [1.54, 1.807) is 0 Å². The van der Waals surface area contributed by atoms with Crippen LogP contribution in [0.15, 0.2) is 120 Å². The summed E-state index contributed by atoms with van der Waals surface area (Å²) in [5.74, 6) is 3.33. The second-order valence-electron chi connectivity index (χ2n) is 13.7. The lowest BCUT2D eigenvalue weighted by Crippen LogP contribution is -2.59. The summed E-state index contributed by atoms with van der Waals surface area (Å²) in [6.07, 6.45) is 0. The fourth-order valence-corrected chi connectivity index (χ4v) is 8.85. The lowest BCUT2D eigenvalue weighted by Gasteiger charge is -2.35. The Bertz CT molecular complexity index is 2640. The van der Waals surface area contributed by atoms with Crippen LogP contribution in [0.25, 0.3) is 49.6 Å². The van der Waals surface area contributed by atoms with Gasteiger partial charge in [0.1, 0.15) is 28.5 Å². The largest absolute Gasteiger partial charge is 0.466 e. The number of furan rings is 1. The zero-order valence-corrected chi connectivity index (χ0v) is 26.2. The van der Waals surface area contributed by atoms with Crippen molar-refractivity contribution in [1.82, 2.24) is 4.57 Å². The summed E-state index contributed by atoms with van der Waals surface area (Å²) in [6.45, 7) is 6.63. The molecule has 6 aromatic carbocycles. The second-order valence-corrected chi connectivity index (χ2v) is 13.7. The molecule has 3 aliphatic rings. The van der Waals surface area contributed by atoms with Gasteiger partial charge in [0.15, 0.2) is 5.75 Å². The first-order valence-corrected chi connectivity index (χ1v) is 16.3. The second kappa shape index (κ2) is 8.57. The Morgan fingerprint density at radius 1 is 0.638 bits per heavy atom. The minimum Gasteiger partial charge on any atom is -0.466 e. The Labute approximate surface area is 271 Å². The fourth-order valence-electron chi connectivity index (χ4n) is 8.85. The molecule has 0 unspecified atom stereocenters. The number of rotatable bonds is 1.